The summed E-state index contributed by atoms with van der Waals surface area (Å²) in [6, 6.07) is 0. The highest BCUT2D eigenvalue weighted by Crippen LogP contribution is 2.11. The van der Waals surface area contributed by atoms with E-state index in [0.29, 0.717) is 13.0 Å². The van der Waals surface area contributed by atoms with Crippen LogP contribution in [0.3, 0.4) is 0 Å². The van der Waals surface area contributed by atoms with Gasteiger partial charge in [0.05, 0.1) is 6.61 Å². The molecule has 0 bridgehead atoms. The second-order valence-corrected chi connectivity index (χ2v) is 4.49. The molecule has 1 aliphatic heterocycles. The molecular formula is C14H24O2. The van der Waals surface area contributed by atoms with Gasteiger partial charge in [-0.15, -0.1) is 0 Å². The third-order valence-corrected chi connectivity index (χ3v) is 2.97. The van der Waals surface area contributed by atoms with Crippen molar-refractivity contribution in [1.29, 1.82) is 0 Å². The van der Waals surface area contributed by atoms with Crippen molar-refractivity contribution in [3.8, 4) is 0 Å². The van der Waals surface area contributed by atoms with E-state index in [9.17, 15) is 4.79 Å². The molecule has 1 aliphatic rings. The van der Waals surface area contributed by atoms with Crippen LogP contribution in [0.4, 0.5) is 0 Å². The molecule has 92 valence electrons. The minimum Gasteiger partial charge on any atom is -0.465 e. The molecule has 2 heteroatoms. The van der Waals surface area contributed by atoms with Crippen LogP contribution in [0.2, 0.25) is 0 Å². The fraction of sp³-hybridized carbons (Fsp3) is 0.786. The Morgan fingerprint density at radius 1 is 0.812 bits per heavy atom. The maximum absolute atomic E-state index is 11.3. The number of rotatable bonds is 0. The summed E-state index contributed by atoms with van der Waals surface area (Å²) < 4.78 is 5.13. The predicted molar refractivity (Wildman–Crippen MR) is 66.3 cm³/mol. The van der Waals surface area contributed by atoms with E-state index in [1.807, 2.05) is 0 Å². The van der Waals surface area contributed by atoms with E-state index in [4.69, 9.17) is 4.74 Å². The molecule has 0 N–H and O–H groups in total. The van der Waals surface area contributed by atoms with Crippen LogP contribution in [0.15, 0.2) is 12.2 Å². The Morgan fingerprint density at radius 3 is 2.25 bits per heavy atom. The van der Waals surface area contributed by atoms with Crippen molar-refractivity contribution in [3.63, 3.8) is 0 Å². The predicted octanol–water partition coefficient (Wildman–Crippen LogP) is 4.00. The Balaban J connectivity index is 2.20. The number of carbonyl (C=O) groups is 1. The first-order valence-corrected chi connectivity index (χ1v) is 6.70. The molecule has 0 amide bonds. The van der Waals surface area contributed by atoms with Gasteiger partial charge in [0, 0.05) is 6.42 Å². The normalized spacial score (nSPS) is 23.9. The molecule has 0 aromatic rings. The molecule has 0 spiro atoms. The van der Waals surface area contributed by atoms with E-state index in [1.165, 1.54) is 44.9 Å². The number of carbonyl (C=O) groups excluding carboxylic acids is 1. The number of hydrogen-bond acceptors (Lipinski definition) is 2. The fourth-order valence-corrected chi connectivity index (χ4v) is 1.96. The van der Waals surface area contributed by atoms with Gasteiger partial charge in [-0.1, -0.05) is 44.3 Å². The van der Waals surface area contributed by atoms with Gasteiger partial charge in [-0.05, 0) is 25.7 Å². The number of ether oxygens (including phenoxy) is 1. The van der Waals surface area contributed by atoms with Crippen molar-refractivity contribution in [3.05, 3.63) is 12.2 Å². The molecule has 0 aliphatic carbocycles. The van der Waals surface area contributed by atoms with Crippen molar-refractivity contribution >= 4 is 5.97 Å². The van der Waals surface area contributed by atoms with E-state index >= 15 is 0 Å². The quantitative estimate of drug-likeness (QED) is 0.459. The molecule has 0 fully saturated rings. The van der Waals surface area contributed by atoms with E-state index in [2.05, 4.69) is 12.2 Å². The van der Waals surface area contributed by atoms with Gasteiger partial charge in [-0.25, -0.2) is 0 Å². The summed E-state index contributed by atoms with van der Waals surface area (Å²) in [4.78, 5) is 11.3. The standard InChI is InChI=1S/C14H24O2/c15-14-12-10-8-6-4-2-1-3-5-7-9-11-13-16-14/h7,9H,1-6,8,10-13H2/b9-7-. The maximum atomic E-state index is 11.3. The zero-order chi connectivity index (χ0) is 11.5. The van der Waals surface area contributed by atoms with Gasteiger partial charge in [0.2, 0.25) is 0 Å². The van der Waals surface area contributed by atoms with Gasteiger partial charge < -0.3 is 4.74 Å². The Hall–Kier alpha value is -0.790. The third kappa shape index (κ3) is 7.49. The number of allylic oxidation sites excluding steroid dienone is 1. The summed E-state index contributed by atoms with van der Waals surface area (Å²) in [6.07, 6.45) is 15.7. The van der Waals surface area contributed by atoms with E-state index in [0.717, 1.165) is 12.8 Å². The van der Waals surface area contributed by atoms with E-state index < -0.39 is 0 Å². The van der Waals surface area contributed by atoms with Crippen molar-refractivity contribution in [2.24, 2.45) is 0 Å². The molecule has 1 heterocycles. The Bertz CT molecular complexity index is 209. The van der Waals surface area contributed by atoms with Crippen LogP contribution in [0.5, 0.6) is 0 Å². The van der Waals surface area contributed by atoms with Gasteiger partial charge in [-0.3, -0.25) is 4.79 Å². The first kappa shape index (κ1) is 13.3. The van der Waals surface area contributed by atoms with Crippen LogP contribution in [0.1, 0.15) is 64.2 Å². The lowest BCUT2D eigenvalue weighted by Gasteiger charge is -2.02. The summed E-state index contributed by atoms with van der Waals surface area (Å²) in [6.45, 7) is 0.551. The molecule has 0 saturated carbocycles. The molecule has 16 heavy (non-hydrogen) atoms. The molecule has 0 unspecified atom stereocenters. The van der Waals surface area contributed by atoms with Crippen LogP contribution < -0.4 is 0 Å². The van der Waals surface area contributed by atoms with Crippen molar-refractivity contribution in [1.82, 2.24) is 0 Å². The maximum Gasteiger partial charge on any atom is 0.305 e. The van der Waals surface area contributed by atoms with Gasteiger partial charge in [0.25, 0.3) is 0 Å². The van der Waals surface area contributed by atoms with E-state index in [1.54, 1.807) is 0 Å². The second-order valence-electron chi connectivity index (χ2n) is 4.49. The first-order valence-electron chi connectivity index (χ1n) is 6.70. The van der Waals surface area contributed by atoms with Crippen LogP contribution >= 0.6 is 0 Å². The number of hydrogen-bond donors (Lipinski definition) is 0. The molecule has 2 nitrogen and oxygen atoms in total. The highest BCUT2D eigenvalue weighted by atomic mass is 16.5. The smallest absolute Gasteiger partial charge is 0.305 e. The molecule has 0 aromatic carbocycles. The van der Waals surface area contributed by atoms with Crippen LogP contribution in [0.25, 0.3) is 0 Å². The first-order chi connectivity index (χ1) is 7.89. The minimum atomic E-state index is -0.0247. The monoisotopic (exact) mass is 224 g/mol. The number of esters is 1. The highest BCUT2D eigenvalue weighted by Gasteiger charge is 2.01. The average molecular weight is 224 g/mol. The lowest BCUT2D eigenvalue weighted by Crippen LogP contribution is -2.04. The summed E-state index contributed by atoms with van der Waals surface area (Å²) in [7, 11) is 0. The average Bonchev–Trinajstić information content (AvgIpc) is 2.29. The topological polar surface area (TPSA) is 26.3 Å². The van der Waals surface area contributed by atoms with Gasteiger partial charge >= 0.3 is 5.97 Å². The van der Waals surface area contributed by atoms with Gasteiger partial charge in [0.15, 0.2) is 0 Å². The van der Waals surface area contributed by atoms with E-state index in [-0.39, 0.29) is 5.97 Å². The largest absolute Gasteiger partial charge is 0.465 e. The van der Waals surface area contributed by atoms with Crippen LogP contribution in [-0.4, -0.2) is 12.6 Å². The lowest BCUT2D eigenvalue weighted by atomic mass is 10.1. The van der Waals surface area contributed by atoms with Crippen LogP contribution in [0, 0.1) is 0 Å². The molecule has 0 aromatic heterocycles. The highest BCUT2D eigenvalue weighted by molar-refractivity contribution is 5.69. The van der Waals surface area contributed by atoms with Gasteiger partial charge in [0.1, 0.15) is 0 Å². The lowest BCUT2D eigenvalue weighted by molar-refractivity contribution is -0.143. The van der Waals surface area contributed by atoms with Crippen molar-refractivity contribution in [2.45, 2.75) is 64.2 Å². The zero-order valence-corrected chi connectivity index (χ0v) is 10.2. The van der Waals surface area contributed by atoms with Crippen molar-refractivity contribution in [2.75, 3.05) is 6.61 Å². The summed E-state index contributed by atoms with van der Waals surface area (Å²) in [5.74, 6) is -0.0247. The Labute approximate surface area is 99.1 Å². The Morgan fingerprint density at radius 2 is 1.44 bits per heavy atom. The minimum absolute atomic E-state index is 0.0247. The SMILES string of the molecule is O=C1CCCCCCCCC/C=C\CCO1. The fourth-order valence-electron chi connectivity index (χ4n) is 1.96. The molecule has 1 rings (SSSR count). The van der Waals surface area contributed by atoms with Gasteiger partial charge in [-0.2, -0.15) is 0 Å². The summed E-state index contributed by atoms with van der Waals surface area (Å²) in [5, 5.41) is 0. The summed E-state index contributed by atoms with van der Waals surface area (Å²) in [5.41, 5.74) is 0. The molecular weight excluding hydrogens is 200 g/mol. The van der Waals surface area contributed by atoms with Crippen LogP contribution in [-0.2, 0) is 9.53 Å². The third-order valence-electron chi connectivity index (χ3n) is 2.97. The second kappa shape index (κ2) is 9.44. The zero-order valence-electron chi connectivity index (χ0n) is 10.2. The summed E-state index contributed by atoms with van der Waals surface area (Å²) >= 11 is 0. The molecule has 0 saturated heterocycles. The van der Waals surface area contributed by atoms with Crippen molar-refractivity contribution < 1.29 is 9.53 Å². The molecule has 0 atom stereocenters. The molecule has 0 radical (unpaired) electrons. The number of cyclic esters (lactones) is 1. The Kier molecular flexibility index (Phi) is 7.83.